The monoisotopic (exact) mass is 271 g/mol. The summed E-state index contributed by atoms with van der Waals surface area (Å²) in [4.78, 5) is 12.5. The van der Waals surface area contributed by atoms with E-state index in [-0.39, 0.29) is 5.78 Å². The molecule has 0 bridgehead atoms. The van der Waals surface area contributed by atoms with Crippen LogP contribution in [0.2, 0.25) is 0 Å². The van der Waals surface area contributed by atoms with Crippen LogP contribution in [0.15, 0.2) is 72.8 Å². The van der Waals surface area contributed by atoms with Gasteiger partial charge in [0.25, 0.3) is 0 Å². The molecule has 3 aromatic carbocycles. The van der Waals surface area contributed by atoms with Crippen molar-refractivity contribution in [2.24, 2.45) is 0 Å². The average Bonchev–Trinajstić information content (AvgIpc) is 2.82. The lowest BCUT2D eigenvalue weighted by Crippen LogP contribution is -1.96. The van der Waals surface area contributed by atoms with Gasteiger partial charge in [-0.05, 0) is 35.4 Å². The molecule has 0 fully saturated rings. The summed E-state index contributed by atoms with van der Waals surface area (Å²) in [7, 11) is 0. The number of ketones is 1. The summed E-state index contributed by atoms with van der Waals surface area (Å²) in [6.07, 6.45) is 0. The van der Waals surface area contributed by atoms with Crippen molar-refractivity contribution in [1.82, 2.24) is 0 Å². The molecule has 1 N–H and O–H groups in total. The molecule has 0 saturated heterocycles. The van der Waals surface area contributed by atoms with E-state index in [4.69, 9.17) is 0 Å². The second kappa shape index (κ2) is 4.60. The molecule has 2 nitrogen and oxygen atoms in total. The van der Waals surface area contributed by atoms with E-state index in [1.165, 1.54) is 0 Å². The molecule has 21 heavy (non-hydrogen) atoms. The molecule has 1 aliphatic rings. The van der Waals surface area contributed by atoms with Gasteiger partial charge in [0.15, 0.2) is 5.78 Å². The minimum absolute atomic E-state index is 0.109. The van der Waals surface area contributed by atoms with Crippen LogP contribution in [-0.4, -0.2) is 5.78 Å². The Morgan fingerprint density at radius 2 is 1.24 bits per heavy atom. The van der Waals surface area contributed by atoms with Gasteiger partial charge in [0.1, 0.15) is 0 Å². The quantitative estimate of drug-likeness (QED) is 0.575. The van der Waals surface area contributed by atoms with Crippen molar-refractivity contribution in [2.45, 2.75) is 0 Å². The SMILES string of the molecule is O=C1c2ccccc2-c2ccc(Nc3ccccc3)cc21. The van der Waals surface area contributed by atoms with Gasteiger partial charge in [-0.25, -0.2) is 0 Å². The zero-order valence-corrected chi connectivity index (χ0v) is 11.3. The third-order valence-corrected chi connectivity index (χ3v) is 3.79. The highest BCUT2D eigenvalue weighted by Crippen LogP contribution is 2.37. The van der Waals surface area contributed by atoms with Gasteiger partial charge in [0, 0.05) is 22.5 Å². The Bertz CT molecular complexity index is 837. The van der Waals surface area contributed by atoms with Gasteiger partial charge < -0.3 is 5.32 Å². The molecule has 0 spiro atoms. The van der Waals surface area contributed by atoms with Crippen LogP contribution >= 0.6 is 0 Å². The van der Waals surface area contributed by atoms with Gasteiger partial charge in [-0.3, -0.25) is 4.79 Å². The van der Waals surface area contributed by atoms with Crippen molar-refractivity contribution in [3.05, 3.63) is 83.9 Å². The summed E-state index contributed by atoms with van der Waals surface area (Å²) >= 11 is 0. The van der Waals surface area contributed by atoms with Gasteiger partial charge in [0.05, 0.1) is 0 Å². The van der Waals surface area contributed by atoms with Crippen LogP contribution in [0.5, 0.6) is 0 Å². The molecule has 0 heterocycles. The fourth-order valence-corrected chi connectivity index (χ4v) is 2.79. The highest BCUT2D eigenvalue weighted by Gasteiger charge is 2.26. The third kappa shape index (κ3) is 1.93. The van der Waals surface area contributed by atoms with Gasteiger partial charge in [0.2, 0.25) is 0 Å². The van der Waals surface area contributed by atoms with E-state index >= 15 is 0 Å². The molecule has 0 aliphatic heterocycles. The van der Waals surface area contributed by atoms with Crippen LogP contribution in [0.3, 0.4) is 0 Å². The normalized spacial score (nSPS) is 11.9. The van der Waals surface area contributed by atoms with E-state index in [1.807, 2.05) is 72.8 Å². The lowest BCUT2D eigenvalue weighted by molar-refractivity contribution is 0.104. The van der Waals surface area contributed by atoms with Crippen LogP contribution < -0.4 is 5.32 Å². The first kappa shape index (κ1) is 11.9. The van der Waals surface area contributed by atoms with Crippen molar-refractivity contribution < 1.29 is 4.79 Å². The minimum Gasteiger partial charge on any atom is -0.356 e. The van der Waals surface area contributed by atoms with Crippen molar-refractivity contribution in [2.75, 3.05) is 5.32 Å². The van der Waals surface area contributed by atoms with Crippen LogP contribution in [0.4, 0.5) is 11.4 Å². The maximum absolute atomic E-state index is 12.5. The van der Waals surface area contributed by atoms with Crippen LogP contribution in [0, 0.1) is 0 Å². The topological polar surface area (TPSA) is 29.1 Å². The fourth-order valence-electron chi connectivity index (χ4n) is 2.79. The maximum Gasteiger partial charge on any atom is 0.194 e. The van der Waals surface area contributed by atoms with Crippen molar-refractivity contribution in [1.29, 1.82) is 0 Å². The molecule has 0 amide bonds. The minimum atomic E-state index is 0.109. The number of hydrogen-bond acceptors (Lipinski definition) is 2. The summed E-state index contributed by atoms with van der Waals surface area (Å²) in [5.74, 6) is 0.109. The van der Waals surface area contributed by atoms with E-state index in [0.29, 0.717) is 0 Å². The van der Waals surface area contributed by atoms with Crippen molar-refractivity contribution in [3.63, 3.8) is 0 Å². The molecule has 0 atom stereocenters. The number of carbonyl (C=O) groups excluding carboxylic acids is 1. The van der Waals surface area contributed by atoms with Crippen LogP contribution in [0.1, 0.15) is 15.9 Å². The number of benzene rings is 3. The first-order chi connectivity index (χ1) is 10.3. The van der Waals surface area contributed by atoms with E-state index in [1.54, 1.807) is 0 Å². The summed E-state index contributed by atoms with van der Waals surface area (Å²) in [5, 5.41) is 3.33. The number of nitrogens with one attached hydrogen (secondary N) is 1. The molecule has 0 unspecified atom stereocenters. The zero-order valence-electron chi connectivity index (χ0n) is 11.3. The number of para-hydroxylation sites is 1. The Morgan fingerprint density at radius 3 is 2.05 bits per heavy atom. The summed E-state index contributed by atoms with van der Waals surface area (Å²) in [6.45, 7) is 0. The largest absolute Gasteiger partial charge is 0.356 e. The lowest BCUT2D eigenvalue weighted by atomic mass is 10.1. The van der Waals surface area contributed by atoms with Gasteiger partial charge in [-0.2, -0.15) is 0 Å². The molecule has 100 valence electrons. The van der Waals surface area contributed by atoms with Gasteiger partial charge in [-0.1, -0.05) is 48.5 Å². The van der Waals surface area contributed by atoms with Crippen molar-refractivity contribution >= 4 is 17.2 Å². The number of anilines is 2. The second-order valence-corrected chi connectivity index (χ2v) is 5.13. The maximum atomic E-state index is 12.5. The summed E-state index contributed by atoms with van der Waals surface area (Å²) < 4.78 is 0. The number of rotatable bonds is 2. The van der Waals surface area contributed by atoms with E-state index in [0.717, 1.165) is 33.6 Å². The highest BCUT2D eigenvalue weighted by atomic mass is 16.1. The van der Waals surface area contributed by atoms with E-state index in [9.17, 15) is 4.79 Å². The molecule has 2 heteroatoms. The Labute approximate surface area is 123 Å². The van der Waals surface area contributed by atoms with Crippen LogP contribution in [-0.2, 0) is 0 Å². The number of carbonyl (C=O) groups is 1. The molecular formula is C19H13NO. The average molecular weight is 271 g/mol. The standard InChI is InChI=1S/C19H13NO/c21-19-17-9-5-4-8-15(17)16-11-10-14(12-18(16)19)20-13-6-2-1-3-7-13/h1-12,20H. The molecule has 4 rings (SSSR count). The Morgan fingerprint density at radius 1 is 0.571 bits per heavy atom. The number of hydrogen-bond donors (Lipinski definition) is 1. The zero-order chi connectivity index (χ0) is 14.2. The second-order valence-electron chi connectivity index (χ2n) is 5.13. The smallest absolute Gasteiger partial charge is 0.194 e. The fraction of sp³-hybridized carbons (Fsp3) is 0. The first-order valence-corrected chi connectivity index (χ1v) is 6.93. The molecule has 0 radical (unpaired) electrons. The van der Waals surface area contributed by atoms with Gasteiger partial charge in [-0.15, -0.1) is 0 Å². The molecular weight excluding hydrogens is 258 g/mol. The Hall–Kier alpha value is -2.87. The van der Waals surface area contributed by atoms with E-state index < -0.39 is 0 Å². The predicted molar refractivity (Wildman–Crippen MR) is 85.0 cm³/mol. The summed E-state index contributed by atoms with van der Waals surface area (Å²) in [6, 6.07) is 23.7. The number of fused-ring (bicyclic) bond motifs is 3. The summed E-state index contributed by atoms with van der Waals surface area (Å²) in [5.41, 5.74) is 5.57. The first-order valence-electron chi connectivity index (χ1n) is 6.93. The Kier molecular flexibility index (Phi) is 2.61. The molecule has 0 aromatic heterocycles. The Balaban J connectivity index is 1.75. The highest BCUT2D eigenvalue weighted by molar-refractivity contribution is 6.22. The van der Waals surface area contributed by atoms with E-state index in [2.05, 4.69) is 5.32 Å². The lowest BCUT2D eigenvalue weighted by Gasteiger charge is -2.08. The molecule has 1 aliphatic carbocycles. The predicted octanol–water partition coefficient (Wildman–Crippen LogP) is 4.64. The molecule has 3 aromatic rings. The van der Waals surface area contributed by atoms with Crippen molar-refractivity contribution in [3.8, 4) is 11.1 Å². The molecule has 0 saturated carbocycles. The third-order valence-electron chi connectivity index (χ3n) is 3.79. The van der Waals surface area contributed by atoms with Gasteiger partial charge >= 0.3 is 0 Å². The van der Waals surface area contributed by atoms with Crippen LogP contribution in [0.25, 0.3) is 11.1 Å².